The van der Waals surface area contributed by atoms with E-state index in [1.54, 1.807) is 0 Å². The van der Waals surface area contributed by atoms with E-state index < -0.39 is 19.2 Å². The van der Waals surface area contributed by atoms with E-state index in [0.29, 0.717) is 0 Å². The Morgan fingerprint density at radius 1 is 0.957 bits per heavy atom. The van der Waals surface area contributed by atoms with Crippen molar-refractivity contribution in [3.05, 3.63) is 71.8 Å². The van der Waals surface area contributed by atoms with Crippen LogP contribution in [0.1, 0.15) is 18.1 Å². The number of hydrogen-bond donors (Lipinski definition) is 1. The van der Waals surface area contributed by atoms with E-state index >= 15 is 0 Å². The third-order valence-electron chi connectivity index (χ3n) is 3.34. The van der Waals surface area contributed by atoms with Crippen LogP contribution in [0.3, 0.4) is 0 Å². The molecule has 0 radical (unpaired) electrons. The molecule has 2 rings (SSSR count). The predicted molar refractivity (Wildman–Crippen MR) is 87.2 cm³/mol. The molecular weight excluding hydrogens is 315 g/mol. The molecular formula is C17H19O5P. The minimum atomic E-state index is -3.80. The molecule has 6 heteroatoms. The second-order valence-corrected chi connectivity index (χ2v) is 7.44. The van der Waals surface area contributed by atoms with Crippen LogP contribution >= 0.6 is 7.60 Å². The van der Waals surface area contributed by atoms with Crippen molar-refractivity contribution < 1.29 is 23.5 Å². The molecule has 1 atom stereocenters. The summed E-state index contributed by atoms with van der Waals surface area (Å²) in [6, 6.07) is 18.3. The third-order valence-corrected chi connectivity index (χ3v) is 5.49. The van der Waals surface area contributed by atoms with Crippen molar-refractivity contribution in [3.63, 3.8) is 0 Å². The maximum absolute atomic E-state index is 12.9. The summed E-state index contributed by atoms with van der Waals surface area (Å²) in [4.78, 5) is 11.2. The Morgan fingerprint density at radius 3 is 1.70 bits per heavy atom. The number of carboxylic acids is 1. The van der Waals surface area contributed by atoms with Gasteiger partial charge in [0.1, 0.15) is 0 Å². The summed E-state index contributed by atoms with van der Waals surface area (Å²) in [6.07, 6.45) is 0. The summed E-state index contributed by atoms with van der Waals surface area (Å²) in [5, 5.41) is 9.18. The fourth-order valence-electron chi connectivity index (χ4n) is 1.87. The lowest BCUT2D eigenvalue weighted by Crippen LogP contribution is -2.19. The van der Waals surface area contributed by atoms with Gasteiger partial charge in [-0.05, 0) is 18.1 Å². The lowest BCUT2D eigenvalue weighted by atomic mass is 10.2. The van der Waals surface area contributed by atoms with Crippen LogP contribution in [0.25, 0.3) is 0 Å². The van der Waals surface area contributed by atoms with Gasteiger partial charge in [0.15, 0.2) is 5.66 Å². The molecule has 1 N–H and O–H groups in total. The monoisotopic (exact) mass is 334 g/mol. The molecule has 122 valence electrons. The maximum atomic E-state index is 12.9. The van der Waals surface area contributed by atoms with Gasteiger partial charge >= 0.3 is 13.6 Å². The molecule has 0 saturated carbocycles. The van der Waals surface area contributed by atoms with Crippen LogP contribution in [0.5, 0.6) is 0 Å². The summed E-state index contributed by atoms with van der Waals surface area (Å²) in [6.45, 7) is 1.40. The highest BCUT2D eigenvalue weighted by Crippen LogP contribution is 2.54. The van der Waals surface area contributed by atoms with Gasteiger partial charge in [0, 0.05) is 0 Å². The smallest absolute Gasteiger partial charge is 0.345 e. The number of hydrogen-bond acceptors (Lipinski definition) is 4. The van der Waals surface area contributed by atoms with Gasteiger partial charge in [-0.2, -0.15) is 0 Å². The number of aliphatic carboxylic acids is 1. The van der Waals surface area contributed by atoms with E-state index in [2.05, 4.69) is 0 Å². The molecule has 0 amide bonds. The molecule has 0 aliphatic heterocycles. The Hall–Kier alpha value is -1.94. The Morgan fingerprint density at radius 2 is 1.35 bits per heavy atom. The molecule has 5 nitrogen and oxygen atoms in total. The molecule has 0 heterocycles. The topological polar surface area (TPSA) is 72.8 Å². The molecule has 0 aliphatic rings. The van der Waals surface area contributed by atoms with Gasteiger partial charge in [0.25, 0.3) is 0 Å². The fourth-order valence-corrected chi connectivity index (χ4v) is 3.32. The number of carboxylic acid groups (broad SMARTS) is 1. The molecule has 0 aliphatic carbocycles. The molecule has 0 bridgehead atoms. The lowest BCUT2D eigenvalue weighted by Gasteiger charge is -2.22. The highest BCUT2D eigenvalue weighted by molar-refractivity contribution is 7.55. The lowest BCUT2D eigenvalue weighted by molar-refractivity contribution is -0.136. The highest BCUT2D eigenvalue weighted by Gasteiger charge is 2.38. The zero-order valence-electron chi connectivity index (χ0n) is 12.8. The molecule has 0 fully saturated rings. The number of carbonyl (C=O) groups is 1. The van der Waals surface area contributed by atoms with Crippen LogP contribution < -0.4 is 0 Å². The Labute approximate surface area is 135 Å². The Balaban J connectivity index is 2.08. The zero-order valence-corrected chi connectivity index (χ0v) is 13.7. The predicted octanol–water partition coefficient (Wildman–Crippen LogP) is 4.09. The van der Waals surface area contributed by atoms with Gasteiger partial charge in [-0.25, -0.2) is 0 Å². The maximum Gasteiger partial charge on any atom is 0.345 e. The van der Waals surface area contributed by atoms with E-state index in [4.69, 9.17) is 9.05 Å². The molecule has 2 aromatic rings. The summed E-state index contributed by atoms with van der Waals surface area (Å²) >= 11 is 0. The minimum Gasteiger partial charge on any atom is -0.481 e. The van der Waals surface area contributed by atoms with E-state index in [-0.39, 0.29) is 13.2 Å². The standard InChI is InChI=1S/C17H19O5P/c1-14(17(18)19)23(20,21-12-15-8-4-2-5-9-15)22-13-16-10-6-3-7-11-16/h2-11,14H,12-13H2,1H3,(H,18,19). The van der Waals surface area contributed by atoms with Crippen molar-refractivity contribution in [1.29, 1.82) is 0 Å². The first kappa shape index (κ1) is 17.4. The minimum absolute atomic E-state index is 0.0323. The largest absolute Gasteiger partial charge is 0.481 e. The molecule has 0 saturated heterocycles. The highest BCUT2D eigenvalue weighted by atomic mass is 31.2. The molecule has 23 heavy (non-hydrogen) atoms. The van der Waals surface area contributed by atoms with E-state index in [1.165, 1.54) is 6.92 Å². The van der Waals surface area contributed by atoms with E-state index in [0.717, 1.165) is 11.1 Å². The Kier molecular flexibility index (Phi) is 6.11. The third kappa shape index (κ3) is 5.03. The van der Waals surface area contributed by atoms with Crippen molar-refractivity contribution in [2.75, 3.05) is 0 Å². The van der Waals surface area contributed by atoms with Crippen molar-refractivity contribution in [3.8, 4) is 0 Å². The van der Waals surface area contributed by atoms with E-state index in [1.807, 2.05) is 60.7 Å². The average molecular weight is 334 g/mol. The van der Waals surface area contributed by atoms with Crippen LogP contribution in [0, 0.1) is 0 Å². The van der Waals surface area contributed by atoms with Gasteiger partial charge in [0.05, 0.1) is 13.2 Å². The van der Waals surface area contributed by atoms with Gasteiger partial charge in [-0.3, -0.25) is 9.36 Å². The van der Waals surface area contributed by atoms with Crippen molar-refractivity contribution in [2.24, 2.45) is 0 Å². The summed E-state index contributed by atoms with van der Waals surface area (Å²) in [5.41, 5.74) is 0.358. The van der Waals surface area contributed by atoms with Crippen LogP contribution in [0.2, 0.25) is 0 Å². The van der Waals surface area contributed by atoms with Gasteiger partial charge in [0.2, 0.25) is 0 Å². The van der Waals surface area contributed by atoms with E-state index in [9.17, 15) is 14.5 Å². The first-order valence-corrected chi connectivity index (χ1v) is 8.82. The van der Waals surface area contributed by atoms with Gasteiger partial charge in [-0.1, -0.05) is 60.7 Å². The second kappa shape index (κ2) is 8.06. The van der Waals surface area contributed by atoms with Crippen molar-refractivity contribution in [2.45, 2.75) is 25.8 Å². The SMILES string of the molecule is CC(C(=O)O)P(=O)(OCc1ccccc1)OCc1ccccc1. The van der Waals surface area contributed by atoms with Crippen LogP contribution in [0.15, 0.2) is 60.7 Å². The molecule has 1 unspecified atom stereocenters. The number of benzene rings is 2. The van der Waals surface area contributed by atoms with Gasteiger partial charge in [-0.15, -0.1) is 0 Å². The first-order valence-electron chi connectivity index (χ1n) is 7.21. The first-order chi connectivity index (χ1) is 11.0. The zero-order chi connectivity index (χ0) is 16.7. The fraction of sp³-hybridized carbons (Fsp3) is 0.235. The normalized spacial score (nSPS) is 12.7. The summed E-state index contributed by atoms with van der Waals surface area (Å²) in [7, 11) is -3.80. The van der Waals surface area contributed by atoms with Gasteiger partial charge < -0.3 is 14.2 Å². The summed E-state index contributed by atoms with van der Waals surface area (Å²) in [5.74, 6) is -1.21. The van der Waals surface area contributed by atoms with Crippen LogP contribution in [-0.4, -0.2) is 16.7 Å². The Bertz CT molecular complexity index is 624. The van der Waals surface area contributed by atoms with Crippen molar-refractivity contribution in [1.82, 2.24) is 0 Å². The quantitative estimate of drug-likeness (QED) is 0.736. The molecule has 0 aromatic heterocycles. The van der Waals surface area contributed by atoms with Crippen molar-refractivity contribution >= 4 is 13.6 Å². The van der Waals surface area contributed by atoms with Crippen LogP contribution in [-0.2, 0) is 31.6 Å². The number of rotatable bonds is 8. The molecule has 0 spiro atoms. The second-order valence-electron chi connectivity index (χ2n) is 5.07. The molecule has 2 aromatic carbocycles. The van der Waals surface area contributed by atoms with Crippen LogP contribution in [0.4, 0.5) is 0 Å². The summed E-state index contributed by atoms with van der Waals surface area (Å²) < 4.78 is 23.7. The average Bonchev–Trinajstić information content (AvgIpc) is 2.59.